The number of nitrogens with one attached hydrogen (secondary N) is 1. The number of likely N-dealkylation sites (tertiary alicyclic amines) is 1. The first-order valence-corrected chi connectivity index (χ1v) is 8.33. The first kappa shape index (κ1) is 17.3. The van der Waals surface area contributed by atoms with Gasteiger partial charge in [-0.3, -0.25) is 0 Å². The maximum Gasteiger partial charge on any atom is 0.318 e. The van der Waals surface area contributed by atoms with Crippen LogP contribution in [0.15, 0.2) is 28.8 Å². The summed E-state index contributed by atoms with van der Waals surface area (Å²) in [5.41, 5.74) is 1.39. The number of methoxy groups -OCH3 is 1. The maximum absolute atomic E-state index is 13.6. The molecule has 1 fully saturated rings. The van der Waals surface area contributed by atoms with Gasteiger partial charge in [0.25, 0.3) is 0 Å². The fourth-order valence-corrected chi connectivity index (χ4v) is 3.24. The number of hydrogen-bond donors (Lipinski definition) is 1. The molecule has 6 nitrogen and oxygen atoms in total. The second kappa shape index (κ2) is 7.13. The van der Waals surface area contributed by atoms with Crippen LogP contribution in [-0.2, 0) is 0 Å². The lowest BCUT2D eigenvalue weighted by molar-refractivity contribution is 0.179. The minimum Gasteiger partial charge on any atom is -0.496 e. The predicted octanol–water partition coefficient (Wildman–Crippen LogP) is 3.74. The molecular weight excluding hydrogens is 325 g/mol. The second-order valence-electron chi connectivity index (χ2n) is 6.28. The maximum atomic E-state index is 13.6. The molecule has 3 rings (SSSR count). The van der Waals surface area contributed by atoms with Crippen molar-refractivity contribution in [1.82, 2.24) is 15.4 Å². The van der Waals surface area contributed by atoms with E-state index in [1.54, 1.807) is 17.9 Å². The van der Waals surface area contributed by atoms with Crippen LogP contribution >= 0.6 is 0 Å². The molecule has 0 saturated carbocycles. The van der Waals surface area contributed by atoms with E-state index in [4.69, 9.17) is 9.26 Å². The molecule has 1 aliphatic rings. The zero-order valence-electron chi connectivity index (χ0n) is 14.6. The Hall–Kier alpha value is -2.57. The third-order valence-electron chi connectivity index (χ3n) is 4.49. The largest absolute Gasteiger partial charge is 0.496 e. The minimum absolute atomic E-state index is 0.122. The molecule has 2 heterocycles. The van der Waals surface area contributed by atoms with Gasteiger partial charge in [-0.2, -0.15) is 0 Å². The number of carbonyl (C=O) groups is 1. The third kappa shape index (κ3) is 3.60. The lowest BCUT2D eigenvalue weighted by atomic mass is 10.1. The molecule has 0 aliphatic carbocycles. The average molecular weight is 347 g/mol. The van der Waals surface area contributed by atoms with Crippen LogP contribution in [0.1, 0.15) is 48.9 Å². The number of hydrogen-bond acceptors (Lipinski definition) is 4. The second-order valence-corrected chi connectivity index (χ2v) is 6.28. The summed E-state index contributed by atoms with van der Waals surface area (Å²) in [6.45, 7) is 4.30. The van der Waals surface area contributed by atoms with E-state index in [9.17, 15) is 9.18 Å². The van der Waals surface area contributed by atoms with Gasteiger partial charge in [-0.25, -0.2) is 9.18 Å². The molecular formula is C18H22FN3O3. The highest BCUT2D eigenvalue weighted by atomic mass is 19.1. The van der Waals surface area contributed by atoms with Crippen molar-refractivity contribution >= 4 is 6.03 Å². The van der Waals surface area contributed by atoms with Gasteiger partial charge in [0.2, 0.25) is 0 Å². The fourth-order valence-electron chi connectivity index (χ4n) is 3.24. The van der Waals surface area contributed by atoms with Crippen molar-refractivity contribution in [3.63, 3.8) is 0 Å². The topological polar surface area (TPSA) is 67.6 Å². The van der Waals surface area contributed by atoms with Crippen molar-refractivity contribution in [2.75, 3.05) is 13.7 Å². The van der Waals surface area contributed by atoms with E-state index in [1.807, 2.05) is 13.0 Å². The average Bonchev–Trinajstić information content (AvgIpc) is 3.23. The molecule has 0 bridgehead atoms. The van der Waals surface area contributed by atoms with E-state index in [0.717, 1.165) is 18.5 Å². The lowest BCUT2D eigenvalue weighted by Crippen LogP contribution is -2.40. The molecule has 1 aliphatic heterocycles. The van der Waals surface area contributed by atoms with Crippen molar-refractivity contribution in [2.24, 2.45) is 0 Å². The molecule has 2 amide bonds. The Balaban J connectivity index is 1.74. The van der Waals surface area contributed by atoms with Crippen LogP contribution < -0.4 is 10.1 Å². The molecule has 134 valence electrons. The van der Waals surface area contributed by atoms with Gasteiger partial charge in [-0.15, -0.1) is 0 Å². The van der Waals surface area contributed by atoms with Gasteiger partial charge in [-0.1, -0.05) is 5.16 Å². The Bertz CT molecular complexity index is 762. The number of aromatic nitrogens is 1. The van der Waals surface area contributed by atoms with Crippen LogP contribution in [0.4, 0.5) is 9.18 Å². The molecule has 1 saturated heterocycles. The molecule has 25 heavy (non-hydrogen) atoms. The van der Waals surface area contributed by atoms with Crippen LogP contribution in [0.3, 0.4) is 0 Å². The summed E-state index contributed by atoms with van der Waals surface area (Å²) in [4.78, 5) is 14.5. The Kier molecular flexibility index (Phi) is 4.92. The van der Waals surface area contributed by atoms with Crippen LogP contribution in [0, 0.1) is 12.7 Å². The fraction of sp³-hybridized carbons (Fsp3) is 0.444. The number of nitrogens with zero attached hydrogens (tertiary/aromatic N) is 2. The molecule has 1 aromatic heterocycles. The SMILES string of the molecule is COc1ccc(F)cc1[C@@H](C)NC(=O)N1CCC[C@H]1c1cc(C)no1. The molecule has 1 aromatic carbocycles. The van der Waals surface area contributed by atoms with Crippen molar-refractivity contribution in [3.05, 3.63) is 47.1 Å². The lowest BCUT2D eigenvalue weighted by Gasteiger charge is -2.26. The quantitative estimate of drug-likeness (QED) is 0.915. The number of rotatable bonds is 4. The van der Waals surface area contributed by atoms with Crippen LogP contribution in [0.2, 0.25) is 0 Å². The van der Waals surface area contributed by atoms with Gasteiger partial charge in [-0.05, 0) is 44.9 Å². The Morgan fingerprint density at radius 2 is 2.28 bits per heavy atom. The highest BCUT2D eigenvalue weighted by Gasteiger charge is 2.33. The predicted molar refractivity (Wildman–Crippen MR) is 89.8 cm³/mol. The van der Waals surface area contributed by atoms with Gasteiger partial charge < -0.3 is 19.5 Å². The number of ether oxygens (including phenoxy) is 1. The third-order valence-corrected chi connectivity index (χ3v) is 4.49. The van der Waals surface area contributed by atoms with E-state index >= 15 is 0 Å². The van der Waals surface area contributed by atoms with Crippen LogP contribution in [0.25, 0.3) is 0 Å². The summed E-state index contributed by atoms with van der Waals surface area (Å²) >= 11 is 0. The van der Waals surface area contributed by atoms with Crippen molar-refractivity contribution in [3.8, 4) is 5.75 Å². The van der Waals surface area contributed by atoms with Crippen molar-refractivity contribution in [2.45, 2.75) is 38.8 Å². The molecule has 0 spiro atoms. The van der Waals surface area contributed by atoms with E-state index in [1.165, 1.54) is 19.2 Å². The molecule has 1 N–H and O–H groups in total. The first-order chi connectivity index (χ1) is 12.0. The molecule has 7 heteroatoms. The first-order valence-electron chi connectivity index (χ1n) is 8.33. The Morgan fingerprint density at radius 3 is 2.96 bits per heavy atom. The highest BCUT2D eigenvalue weighted by Crippen LogP contribution is 2.33. The summed E-state index contributed by atoms with van der Waals surface area (Å²) in [6.07, 6.45) is 1.73. The molecule has 0 radical (unpaired) electrons. The molecule has 0 unspecified atom stereocenters. The monoisotopic (exact) mass is 347 g/mol. The van der Waals surface area contributed by atoms with Gasteiger partial charge >= 0.3 is 6.03 Å². The number of urea groups is 1. The molecule has 2 atom stereocenters. The van der Waals surface area contributed by atoms with E-state index in [-0.39, 0.29) is 17.9 Å². The van der Waals surface area contributed by atoms with Crippen LogP contribution in [0.5, 0.6) is 5.75 Å². The van der Waals surface area contributed by atoms with Gasteiger partial charge in [0.05, 0.1) is 24.9 Å². The van der Waals surface area contributed by atoms with Crippen molar-refractivity contribution in [1.29, 1.82) is 0 Å². The normalized spacial score (nSPS) is 18.2. The summed E-state index contributed by atoms with van der Waals surface area (Å²) in [6, 6.07) is 5.40. The minimum atomic E-state index is -0.393. The Labute approximate surface area is 145 Å². The number of carbonyl (C=O) groups excluding carboxylic acids is 1. The highest BCUT2D eigenvalue weighted by molar-refractivity contribution is 5.75. The van der Waals surface area contributed by atoms with E-state index in [2.05, 4.69) is 10.5 Å². The summed E-state index contributed by atoms with van der Waals surface area (Å²) in [5, 5.41) is 6.83. The summed E-state index contributed by atoms with van der Waals surface area (Å²) < 4.78 is 24.2. The van der Waals surface area contributed by atoms with Gasteiger partial charge in [0.15, 0.2) is 5.76 Å². The van der Waals surface area contributed by atoms with Gasteiger partial charge in [0, 0.05) is 18.2 Å². The molecule has 2 aromatic rings. The van der Waals surface area contributed by atoms with E-state index in [0.29, 0.717) is 23.6 Å². The standard InChI is InChI=1S/C18H22FN3O3/c1-11-9-17(25-21-11)15-5-4-8-22(15)18(23)20-12(2)14-10-13(19)6-7-16(14)24-3/h6-7,9-10,12,15H,4-5,8H2,1-3H3,(H,20,23)/t12-,15+/m1/s1. The van der Waals surface area contributed by atoms with E-state index < -0.39 is 6.04 Å². The number of amides is 2. The van der Waals surface area contributed by atoms with Crippen LogP contribution in [-0.4, -0.2) is 29.7 Å². The van der Waals surface area contributed by atoms with Gasteiger partial charge in [0.1, 0.15) is 11.6 Å². The van der Waals surface area contributed by atoms with Crippen molar-refractivity contribution < 1.29 is 18.4 Å². The summed E-state index contributed by atoms with van der Waals surface area (Å²) in [7, 11) is 1.52. The summed E-state index contributed by atoms with van der Waals surface area (Å²) in [5.74, 6) is 0.868. The zero-order chi connectivity index (χ0) is 18.0. The number of halogens is 1. The number of aryl methyl sites for hydroxylation is 1. The smallest absolute Gasteiger partial charge is 0.318 e. The Morgan fingerprint density at radius 1 is 1.48 bits per heavy atom. The number of benzene rings is 1. The zero-order valence-corrected chi connectivity index (χ0v) is 14.6.